The molecule has 0 aliphatic rings. The Morgan fingerprint density at radius 2 is 0.440 bits per heavy atom. The monoisotopic (exact) mass is 1240 g/mol. The highest BCUT2D eigenvalue weighted by Crippen LogP contribution is 2.17. The molecule has 0 unspecified atom stereocenters. The summed E-state index contributed by atoms with van der Waals surface area (Å²) in [4.78, 5) is 8.72. The first-order valence-corrected chi connectivity index (χ1v) is 36.4. The van der Waals surface area contributed by atoms with E-state index in [9.17, 15) is 0 Å². The van der Waals surface area contributed by atoms with Gasteiger partial charge in [0.25, 0.3) is 0 Å². The minimum atomic E-state index is 0. The summed E-state index contributed by atoms with van der Waals surface area (Å²) in [6.45, 7) is 11.5. The molecule has 0 atom stereocenters. The maximum Gasteiger partial charge on any atom is 0.168 e. The summed E-state index contributed by atoms with van der Waals surface area (Å²) in [6.07, 6.45) is 86.0. The lowest BCUT2D eigenvalue weighted by Gasteiger charge is -2.03. The van der Waals surface area contributed by atoms with Crippen LogP contribution in [0.15, 0.2) is 110 Å². The van der Waals surface area contributed by atoms with Crippen LogP contribution in [-0.4, -0.2) is 9.97 Å². The maximum absolute atomic E-state index is 4.37. The van der Waals surface area contributed by atoms with E-state index in [1.807, 2.05) is 24.5 Å². The molecule has 484 valence electrons. The average Bonchev–Trinajstić information content (AvgIpc) is 3.52. The van der Waals surface area contributed by atoms with Crippen LogP contribution < -0.4 is 38.5 Å². The molecule has 0 bridgehead atoms. The Kier molecular flexibility index (Phi) is 72.4. The Bertz CT molecular complexity index is 1670. The fourth-order valence-corrected chi connectivity index (χ4v) is 11.2. The Balaban J connectivity index is 0. The third-order valence-corrected chi connectivity index (χ3v) is 16.6. The van der Waals surface area contributed by atoms with Crippen LogP contribution in [0.4, 0.5) is 0 Å². The lowest BCUT2D eigenvalue weighted by Crippen LogP contribution is -3.00. The number of aryl methyl sites for hydroxylation is 4. The highest BCUT2D eigenvalue weighted by atomic mass is 79.9. The number of aromatic nitrogens is 4. The standard InChI is InChI=1S/2C21H38N.C19H33N.C17H29N.BrH.ClH/c2*1-2-3-4-5-6-7-8-9-10-11-12-13-14-16-19-22-20-17-15-18-21-22;1-2-3-4-5-6-7-8-9-10-11-12-13-16-19-17-14-15-18-20-19;1-2-3-4-5-6-7-8-9-10-11-14-17-15-12-13-16-18-17;;/h2*15,17-18,20-21H,2-14,16,19H2,1H3;14-15,17-18H,2-13,16H2,1H3;12-13,15-16H,2-11,14H2,1H3;2*1H/q2*+1;;;;/p-2. The van der Waals surface area contributed by atoms with Gasteiger partial charge in [-0.3, -0.25) is 9.97 Å². The Labute approximate surface area is 541 Å². The molecule has 0 fully saturated rings. The Hall–Kier alpha value is -2.63. The summed E-state index contributed by atoms with van der Waals surface area (Å²) < 4.78 is 4.58. The van der Waals surface area contributed by atoms with Crippen LogP contribution >= 0.6 is 0 Å². The molecule has 4 rings (SSSR count). The first-order chi connectivity index (χ1) is 40.7. The summed E-state index contributed by atoms with van der Waals surface area (Å²) in [5, 5.41) is 0. The van der Waals surface area contributed by atoms with E-state index in [-0.39, 0.29) is 29.4 Å². The van der Waals surface area contributed by atoms with E-state index >= 15 is 0 Å². The van der Waals surface area contributed by atoms with E-state index in [1.54, 1.807) is 0 Å². The number of rotatable bonds is 54. The number of nitrogens with zero attached hydrogens (tertiary/aromatic N) is 4. The van der Waals surface area contributed by atoms with Gasteiger partial charge in [0.15, 0.2) is 24.8 Å². The molecular weight excluding hydrogens is 1110 g/mol. The number of unbranched alkanes of at least 4 members (excludes halogenated alkanes) is 46. The lowest BCUT2D eigenvalue weighted by atomic mass is 10.0. The van der Waals surface area contributed by atoms with Gasteiger partial charge in [-0.2, -0.15) is 0 Å². The van der Waals surface area contributed by atoms with Crippen molar-refractivity contribution in [2.45, 2.75) is 375 Å². The van der Waals surface area contributed by atoms with Crippen molar-refractivity contribution in [1.29, 1.82) is 0 Å². The van der Waals surface area contributed by atoms with Gasteiger partial charge in [-0.05, 0) is 62.8 Å². The summed E-state index contributed by atoms with van der Waals surface area (Å²) >= 11 is 0. The molecule has 0 amide bonds. The summed E-state index contributed by atoms with van der Waals surface area (Å²) in [5.41, 5.74) is 2.50. The number of hydrogen-bond acceptors (Lipinski definition) is 2. The SMILES string of the molecule is CCCCCCCCCCCCCCCC[n+]1ccccc1.CCCCCCCCCCCCCCCC[n+]1ccccc1.CCCCCCCCCCCCCCc1ccccn1.CCCCCCCCCCCCc1ccccn1.[Br-].[Cl-]. The van der Waals surface area contributed by atoms with Gasteiger partial charge in [0.2, 0.25) is 0 Å². The Morgan fingerprint density at radius 1 is 0.238 bits per heavy atom. The molecule has 0 saturated carbocycles. The summed E-state index contributed by atoms with van der Waals surface area (Å²) in [6, 6.07) is 25.0. The van der Waals surface area contributed by atoms with Crippen molar-refractivity contribution < 1.29 is 38.5 Å². The minimum absolute atomic E-state index is 0. The summed E-state index contributed by atoms with van der Waals surface area (Å²) in [5.74, 6) is 0. The zero-order valence-electron chi connectivity index (χ0n) is 56.1. The smallest absolute Gasteiger partial charge is 0.168 e. The van der Waals surface area contributed by atoms with Gasteiger partial charge in [0.1, 0.15) is 13.1 Å². The van der Waals surface area contributed by atoms with E-state index in [4.69, 9.17) is 0 Å². The molecule has 0 spiro atoms. The zero-order valence-corrected chi connectivity index (χ0v) is 58.5. The van der Waals surface area contributed by atoms with Crippen molar-refractivity contribution in [1.82, 2.24) is 9.97 Å². The van der Waals surface area contributed by atoms with Gasteiger partial charge in [0.05, 0.1) is 0 Å². The van der Waals surface area contributed by atoms with Gasteiger partial charge in [0, 0.05) is 60.9 Å². The van der Waals surface area contributed by atoms with Gasteiger partial charge < -0.3 is 29.4 Å². The lowest BCUT2D eigenvalue weighted by molar-refractivity contribution is -0.697. The molecular formula is C78H138BrClN4. The Morgan fingerprint density at radius 3 is 0.643 bits per heavy atom. The molecule has 0 aromatic carbocycles. The quantitative estimate of drug-likeness (QED) is 0.0326. The molecule has 6 heteroatoms. The highest BCUT2D eigenvalue weighted by Gasteiger charge is 2.02. The predicted octanol–water partition coefficient (Wildman–Crippen LogP) is 18.8. The van der Waals surface area contributed by atoms with Crippen LogP contribution in [0.5, 0.6) is 0 Å². The van der Waals surface area contributed by atoms with E-state index in [0.29, 0.717) is 0 Å². The van der Waals surface area contributed by atoms with Crippen molar-refractivity contribution in [3.05, 3.63) is 121 Å². The second-order valence-corrected chi connectivity index (χ2v) is 24.6. The minimum Gasteiger partial charge on any atom is -1.00 e. The molecule has 0 N–H and O–H groups in total. The molecule has 0 aliphatic carbocycles. The van der Waals surface area contributed by atoms with E-state index < -0.39 is 0 Å². The van der Waals surface area contributed by atoms with Crippen LogP contribution in [-0.2, 0) is 25.9 Å². The van der Waals surface area contributed by atoms with Gasteiger partial charge >= 0.3 is 0 Å². The van der Waals surface area contributed by atoms with Crippen molar-refractivity contribution in [3.63, 3.8) is 0 Å². The van der Waals surface area contributed by atoms with Crippen LogP contribution in [0.3, 0.4) is 0 Å². The third kappa shape index (κ3) is 63.9. The number of hydrogen-bond donors (Lipinski definition) is 0. The second-order valence-electron chi connectivity index (χ2n) is 24.6. The summed E-state index contributed by atoms with van der Waals surface area (Å²) in [7, 11) is 0. The molecule has 4 nitrogen and oxygen atoms in total. The van der Waals surface area contributed by atoms with Crippen molar-refractivity contribution in [3.8, 4) is 0 Å². The molecule has 4 aromatic rings. The molecule has 4 heterocycles. The van der Waals surface area contributed by atoms with Crippen LogP contribution in [0, 0.1) is 0 Å². The van der Waals surface area contributed by atoms with Gasteiger partial charge in [-0.25, -0.2) is 9.13 Å². The predicted molar refractivity (Wildman–Crippen MR) is 363 cm³/mol. The third-order valence-electron chi connectivity index (χ3n) is 16.6. The van der Waals surface area contributed by atoms with Crippen LogP contribution in [0.1, 0.15) is 360 Å². The number of halogens is 2. The van der Waals surface area contributed by atoms with E-state index in [1.165, 1.54) is 346 Å². The van der Waals surface area contributed by atoms with Crippen molar-refractivity contribution in [2.75, 3.05) is 0 Å². The number of pyridine rings is 4. The fourth-order valence-electron chi connectivity index (χ4n) is 11.2. The van der Waals surface area contributed by atoms with Crippen LogP contribution in [0.2, 0.25) is 0 Å². The molecule has 4 aromatic heterocycles. The normalized spacial score (nSPS) is 10.6. The van der Waals surface area contributed by atoms with Crippen molar-refractivity contribution in [2.24, 2.45) is 0 Å². The van der Waals surface area contributed by atoms with Crippen molar-refractivity contribution >= 4 is 0 Å². The molecule has 0 radical (unpaired) electrons. The average molecular weight is 1250 g/mol. The highest BCUT2D eigenvalue weighted by molar-refractivity contribution is 5.04. The first-order valence-electron chi connectivity index (χ1n) is 36.4. The van der Waals surface area contributed by atoms with Gasteiger partial charge in [-0.15, -0.1) is 0 Å². The molecule has 0 saturated heterocycles. The van der Waals surface area contributed by atoms with Gasteiger partial charge in [-0.1, -0.05) is 334 Å². The van der Waals surface area contributed by atoms with E-state index in [0.717, 1.165) is 12.8 Å². The first kappa shape index (κ1) is 83.4. The zero-order chi connectivity index (χ0) is 58.6. The van der Waals surface area contributed by atoms with Crippen LogP contribution in [0.25, 0.3) is 0 Å². The van der Waals surface area contributed by atoms with E-state index in [2.05, 4.69) is 132 Å². The largest absolute Gasteiger partial charge is 1.00 e. The second kappa shape index (κ2) is 72.8. The molecule has 84 heavy (non-hydrogen) atoms. The fraction of sp³-hybridized carbons (Fsp3) is 0.744. The maximum atomic E-state index is 4.37. The topological polar surface area (TPSA) is 33.5 Å². The molecule has 0 aliphatic heterocycles.